The first-order valence-corrected chi connectivity index (χ1v) is 4.55. The van der Waals surface area contributed by atoms with Crippen LogP contribution in [0.3, 0.4) is 0 Å². The van der Waals surface area contributed by atoms with Crippen molar-refractivity contribution in [3.8, 4) is 0 Å². The number of hydrogen-bond acceptors (Lipinski definition) is 2. The van der Waals surface area contributed by atoms with Crippen molar-refractivity contribution in [3.05, 3.63) is 11.6 Å². The Morgan fingerprint density at radius 2 is 2.15 bits per heavy atom. The van der Waals surface area contributed by atoms with E-state index in [1.54, 1.807) is 0 Å². The average Bonchev–Trinajstić information content (AvgIpc) is 2.04. The summed E-state index contributed by atoms with van der Waals surface area (Å²) >= 11 is 0. The fourth-order valence-electron chi connectivity index (χ4n) is 1.72. The number of allylic oxidation sites excluding steroid dienone is 1. The number of carboxylic acid groups (broad SMARTS) is 1. The van der Waals surface area contributed by atoms with Crippen LogP contribution in [0.5, 0.6) is 0 Å². The van der Waals surface area contributed by atoms with E-state index >= 15 is 0 Å². The van der Waals surface area contributed by atoms with E-state index in [2.05, 4.69) is 0 Å². The molecular weight excluding hydrogens is 168 g/mol. The first-order valence-electron chi connectivity index (χ1n) is 4.55. The second kappa shape index (κ2) is 4.21. The van der Waals surface area contributed by atoms with Gasteiger partial charge in [0, 0.05) is 0 Å². The fraction of sp³-hybridized carbons (Fsp3) is 0.600. The Morgan fingerprint density at radius 3 is 2.54 bits per heavy atom. The predicted molar refractivity (Wildman–Crippen MR) is 48.4 cm³/mol. The van der Waals surface area contributed by atoms with Crippen molar-refractivity contribution in [2.45, 2.75) is 32.6 Å². The van der Waals surface area contributed by atoms with Gasteiger partial charge in [0.15, 0.2) is 0 Å². The standard InChI is InChI=1S/C10H14O3/c1-7(11)9(10(12)13)8-5-3-2-4-6-8/h5,9H,2-4,6H2,1H3,(H,12,13). The molecule has 0 amide bonds. The van der Waals surface area contributed by atoms with Crippen molar-refractivity contribution in [2.75, 3.05) is 0 Å². The molecule has 1 rings (SSSR count). The monoisotopic (exact) mass is 182 g/mol. The first-order chi connectivity index (χ1) is 6.13. The van der Waals surface area contributed by atoms with Crippen LogP contribution >= 0.6 is 0 Å². The van der Waals surface area contributed by atoms with Gasteiger partial charge in [-0.15, -0.1) is 0 Å². The van der Waals surface area contributed by atoms with E-state index in [0.717, 1.165) is 31.3 Å². The molecule has 1 aliphatic rings. The lowest BCUT2D eigenvalue weighted by molar-refractivity contribution is -0.144. The van der Waals surface area contributed by atoms with Crippen molar-refractivity contribution < 1.29 is 14.7 Å². The third kappa shape index (κ3) is 2.41. The Morgan fingerprint density at radius 1 is 1.46 bits per heavy atom. The van der Waals surface area contributed by atoms with Crippen molar-refractivity contribution in [3.63, 3.8) is 0 Å². The van der Waals surface area contributed by atoms with Gasteiger partial charge in [0.1, 0.15) is 11.7 Å². The van der Waals surface area contributed by atoms with Crippen LogP contribution in [0.2, 0.25) is 0 Å². The molecular formula is C10H14O3. The van der Waals surface area contributed by atoms with Crippen LogP contribution in [0.1, 0.15) is 32.6 Å². The zero-order valence-corrected chi connectivity index (χ0v) is 7.75. The Balaban J connectivity index is 2.80. The SMILES string of the molecule is CC(=O)C(C(=O)O)C1=CCCCC1. The second-order valence-corrected chi connectivity index (χ2v) is 3.41. The van der Waals surface area contributed by atoms with E-state index in [1.807, 2.05) is 6.08 Å². The fourth-order valence-corrected chi connectivity index (χ4v) is 1.72. The van der Waals surface area contributed by atoms with Gasteiger partial charge >= 0.3 is 5.97 Å². The summed E-state index contributed by atoms with van der Waals surface area (Å²) in [5.74, 6) is -2.17. The van der Waals surface area contributed by atoms with E-state index in [1.165, 1.54) is 6.92 Å². The van der Waals surface area contributed by atoms with Crippen LogP contribution in [0.25, 0.3) is 0 Å². The number of carbonyl (C=O) groups is 2. The molecule has 3 heteroatoms. The summed E-state index contributed by atoms with van der Waals surface area (Å²) in [6.07, 6.45) is 5.68. The highest BCUT2D eigenvalue weighted by Crippen LogP contribution is 2.25. The number of aliphatic carboxylic acids is 1. The lowest BCUT2D eigenvalue weighted by atomic mass is 9.87. The van der Waals surface area contributed by atoms with Crippen LogP contribution in [-0.2, 0) is 9.59 Å². The van der Waals surface area contributed by atoms with Crippen LogP contribution in [-0.4, -0.2) is 16.9 Å². The quantitative estimate of drug-likeness (QED) is 0.534. The molecule has 3 nitrogen and oxygen atoms in total. The van der Waals surface area contributed by atoms with Crippen molar-refractivity contribution in [2.24, 2.45) is 5.92 Å². The molecule has 0 spiro atoms. The lowest BCUT2D eigenvalue weighted by Gasteiger charge is -2.17. The number of rotatable bonds is 3. The molecule has 0 heterocycles. The van der Waals surface area contributed by atoms with Crippen LogP contribution in [0, 0.1) is 5.92 Å². The minimum atomic E-state index is -1.01. The third-order valence-corrected chi connectivity index (χ3v) is 2.35. The number of ketones is 1. The molecule has 1 aliphatic carbocycles. The smallest absolute Gasteiger partial charge is 0.318 e. The van der Waals surface area contributed by atoms with Gasteiger partial charge < -0.3 is 5.11 Å². The van der Waals surface area contributed by atoms with Crippen LogP contribution in [0.4, 0.5) is 0 Å². The molecule has 0 aromatic heterocycles. The molecule has 0 fully saturated rings. The summed E-state index contributed by atoms with van der Waals surface area (Å²) in [6, 6.07) is 0. The minimum Gasteiger partial charge on any atom is -0.480 e. The molecule has 0 bridgehead atoms. The average molecular weight is 182 g/mol. The highest BCUT2D eigenvalue weighted by Gasteiger charge is 2.27. The van der Waals surface area contributed by atoms with Gasteiger partial charge in [-0.25, -0.2) is 0 Å². The van der Waals surface area contributed by atoms with Gasteiger partial charge in [-0.05, 0) is 32.6 Å². The van der Waals surface area contributed by atoms with Gasteiger partial charge in [0.2, 0.25) is 0 Å². The summed E-state index contributed by atoms with van der Waals surface area (Å²) in [6.45, 7) is 1.34. The lowest BCUT2D eigenvalue weighted by Crippen LogP contribution is -2.24. The molecule has 0 saturated heterocycles. The van der Waals surface area contributed by atoms with Crippen molar-refractivity contribution >= 4 is 11.8 Å². The van der Waals surface area contributed by atoms with Crippen molar-refractivity contribution in [1.29, 1.82) is 0 Å². The Hall–Kier alpha value is -1.12. The van der Waals surface area contributed by atoms with E-state index < -0.39 is 11.9 Å². The molecule has 1 N–H and O–H groups in total. The van der Waals surface area contributed by atoms with Gasteiger partial charge in [0.25, 0.3) is 0 Å². The maximum atomic E-state index is 11.1. The minimum absolute atomic E-state index is 0.263. The molecule has 1 atom stereocenters. The van der Waals surface area contributed by atoms with Gasteiger partial charge in [-0.2, -0.15) is 0 Å². The normalized spacial score (nSPS) is 19.0. The third-order valence-electron chi connectivity index (χ3n) is 2.35. The topological polar surface area (TPSA) is 54.4 Å². The van der Waals surface area contributed by atoms with E-state index in [4.69, 9.17) is 5.11 Å². The number of Topliss-reactive ketones (excluding diaryl/α,β-unsaturated/α-hetero) is 1. The number of carbonyl (C=O) groups excluding carboxylic acids is 1. The number of carboxylic acids is 1. The summed E-state index contributed by atoms with van der Waals surface area (Å²) in [5.41, 5.74) is 0.797. The Labute approximate surface area is 77.4 Å². The number of hydrogen-bond donors (Lipinski definition) is 1. The second-order valence-electron chi connectivity index (χ2n) is 3.41. The molecule has 13 heavy (non-hydrogen) atoms. The Bertz CT molecular complexity index is 239. The van der Waals surface area contributed by atoms with E-state index in [0.29, 0.717) is 0 Å². The highest BCUT2D eigenvalue weighted by molar-refractivity contribution is 6.00. The summed E-state index contributed by atoms with van der Waals surface area (Å²) in [4.78, 5) is 21.8. The van der Waals surface area contributed by atoms with Gasteiger partial charge in [-0.1, -0.05) is 11.6 Å². The van der Waals surface area contributed by atoms with E-state index in [9.17, 15) is 9.59 Å². The summed E-state index contributed by atoms with van der Waals surface area (Å²) in [5, 5.41) is 8.83. The molecule has 0 aromatic carbocycles. The van der Waals surface area contributed by atoms with Gasteiger partial charge in [-0.3, -0.25) is 9.59 Å². The van der Waals surface area contributed by atoms with Crippen LogP contribution < -0.4 is 0 Å². The van der Waals surface area contributed by atoms with E-state index in [-0.39, 0.29) is 5.78 Å². The largest absolute Gasteiger partial charge is 0.480 e. The highest BCUT2D eigenvalue weighted by atomic mass is 16.4. The maximum Gasteiger partial charge on any atom is 0.318 e. The molecule has 0 aromatic rings. The molecule has 0 saturated carbocycles. The predicted octanol–water partition coefficient (Wildman–Crippen LogP) is 1.78. The zero-order chi connectivity index (χ0) is 9.84. The zero-order valence-electron chi connectivity index (χ0n) is 7.75. The Kier molecular flexibility index (Phi) is 3.23. The molecule has 72 valence electrons. The summed E-state index contributed by atoms with van der Waals surface area (Å²) < 4.78 is 0. The molecule has 1 unspecified atom stereocenters. The maximum absolute atomic E-state index is 11.1. The first kappa shape index (κ1) is 9.96. The van der Waals surface area contributed by atoms with Gasteiger partial charge in [0.05, 0.1) is 0 Å². The molecule has 0 aliphatic heterocycles. The van der Waals surface area contributed by atoms with Crippen molar-refractivity contribution in [1.82, 2.24) is 0 Å². The molecule has 0 radical (unpaired) electrons. The summed E-state index contributed by atoms with van der Waals surface area (Å²) in [7, 11) is 0. The van der Waals surface area contributed by atoms with Crippen LogP contribution in [0.15, 0.2) is 11.6 Å².